The largest absolute Gasteiger partial charge is 0.446 e. The van der Waals surface area contributed by atoms with E-state index in [0.717, 1.165) is 0 Å². The number of aliphatic hydroxyl groups excluding tert-OH is 1. The number of amides is 1. The van der Waals surface area contributed by atoms with Gasteiger partial charge in [-0.05, 0) is 25.7 Å². The molecule has 1 amide bonds. The van der Waals surface area contributed by atoms with Crippen LogP contribution in [0.4, 0.5) is 18.0 Å². The highest BCUT2D eigenvalue weighted by atomic mass is 19.4. The van der Waals surface area contributed by atoms with E-state index in [4.69, 9.17) is 15.6 Å². The molecular weight excluding hydrogens is 253 g/mol. The second-order valence-corrected chi connectivity index (χ2v) is 4.35. The topological polar surface area (TPSA) is 84.6 Å². The van der Waals surface area contributed by atoms with Gasteiger partial charge in [-0.2, -0.15) is 13.2 Å². The van der Waals surface area contributed by atoms with Crippen molar-refractivity contribution < 1.29 is 27.8 Å². The first-order valence-electron chi connectivity index (χ1n) is 5.72. The summed E-state index contributed by atoms with van der Waals surface area (Å²) in [6.45, 7) is -0.985. The molecule has 1 aliphatic carbocycles. The highest BCUT2D eigenvalue weighted by molar-refractivity contribution is 5.64. The van der Waals surface area contributed by atoms with E-state index in [0.29, 0.717) is 25.7 Å². The summed E-state index contributed by atoms with van der Waals surface area (Å²) in [6, 6.07) is -2.24. The molecule has 5 nitrogen and oxygen atoms in total. The number of rotatable bonds is 4. The zero-order chi connectivity index (χ0) is 13.8. The zero-order valence-electron chi connectivity index (χ0n) is 9.74. The smallest absolute Gasteiger partial charge is 0.406 e. The minimum Gasteiger partial charge on any atom is -0.446 e. The highest BCUT2D eigenvalue weighted by Gasteiger charge is 2.40. The third kappa shape index (κ3) is 4.69. The monoisotopic (exact) mass is 270 g/mol. The van der Waals surface area contributed by atoms with Crippen LogP contribution in [0, 0.1) is 0 Å². The molecule has 1 unspecified atom stereocenters. The van der Waals surface area contributed by atoms with Gasteiger partial charge in [-0.25, -0.2) is 4.79 Å². The fraction of sp³-hybridized carbons (Fsp3) is 0.900. The van der Waals surface area contributed by atoms with Gasteiger partial charge < -0.3 is 20.9 Å². The lowest BCUT2D eigenvalue weighted by Gasteiger charge is -2.31. The van der Waals surface area contributed by atoms with Crippen molar-refractivity contribution in [1.29, 1.82) is 0 Å². The molecule has 1 saturated carbocycles. The summed E-state index contributed by atoms with van der Waals surface area (Å²) >= 11 is 0. The zero-order valence-corrected chi connectivity index (χ0v) is 9.74. The van der Waals surface area contributed by atoms with Crippen molar-refractivity contribution in [2.45, 2.75) is 50.0 Å². The predicted molar refractivity (Wildman–Crippen MR) is 56.8 cm³/mol. The molecule has 0 aromatic carbocycles. The van der Waals surface area contributed by atoms with Crippen molar-refractivity contribution >= 4 is 6.09 Å². The number of primary amides is 1. The summed E-state index contributed by atoms with van der Waals surface area (Å²) in [4.78, 5) is 10.5. The quantitative estimate of drug-likeness (QED) is 0.708. The maximum absolute atomic E-state index is 12.4. The Balaban J connectivity index is 2.37. The first-order chi connectivity index (χ1) is 8.32. The SMILES string of the molecule is NC(=O)O[C@H]1CC[C@@H](NC(CO)C(F)(F)F)CC1. The normalized spacial score (nSPS) is 26.7. The number of carbonyl (C=O) groups is 1. The van der Waals surface area contributed by atoms with Crippen molar-refractivity contribution in [2.75, 3.05) is 6.61 Å². The number of hydrogen-bond donors (Lipinski definition) is 3. The molecule has 0 spiro atoms. The van der Waals surface area contributed by atoms with Crippen molar-refractivity contribution in [3.8, 4) is 0 Å². The van der Waals surface area contributed by atoms with Gasteiger partial charge in [0.25, 0.3) is 0 Å². The Morgan fingerprint density at radius 1 is 1.39 bits per heavy atom. The fourth-order valence-electron chi connectivity index (χ4n) is 2.05. The molecule has 0 radical (unpaired) electrons. The third-order valence-electron chi connectivity index (χ3n) is 2.97. The summed E-state index contributed by atoms with van der Waals surface area (Å²) in [5, 5.41) is 11.1. The van der Waals surface area contributed by atoms with Gasteiger partial charge in [-0.15, -0.1) is 0 Å². The molecule has 0 heterocycles. The van der Waals surface area contributed by atoms with Crippen LogP contribution in [-0.2, 0) is 4.74 Å². The number of hydrogen-bond acceptors (Lipinski definition) is 4. The summed E-state index contributed by atoms with van der Waals surface area (Å²) in [5.41, 5.74) is 4.86. The summed E-state index contributed by atoms with van der Waals surface area (Å²) in [6.07, 6.45) is -3.81. The Labute approximate surface area is 102 Å². The van der Waals surface area contributed by atoms with Gasteiger partial charge in [-0.3, -0.25) is 0 Å². The standard InChI is InChI=1S/C10H17F3N2O3/c11-10(12,13)8(5-16)15-6-1-3-7(4-2-6)18-9(14)17/h6-8,15-16H,1-5H2,(H2,14,17)/t6-,7+,8?. The molecule has 4 N–H and O–H groups in total. The van der Waals surface area contributed by atoms with Gasteiger partial charge in [0.2, 0.25) is 0 Å². The van der Waals surface area contributed by atoms with Gasteiger partial charge in [0, 0.05) is 6.04 Å². The lowest BCUT2D eigenvalue weighted by molar-refractivity contribution is -0.166. The molecular formula is C10H17F3N2O3. The van der Waals surface area contributed by atoms with Crippen LogP contribution in [0.5, 0.6) is 0 Å². The summed E-state index contributed by atoms with van der Waals surface area (Å²) < 4.78 is 42.0. The molecule has 0 aliphatic heterocycles. The molecule has 18 heavy (non-hydrogen) atoms. The average Bonchev–Trinajstić information content (AvgIpc) is 2.25. The molecule has 0 bridgehead atoms. The van der Waals surface area contributed by atoms with Gasteiger partial charge >= 0.3 is 12.3 Å². The Hall–Kier alpha value is -1.02. The number of nitrogens with one attached hydrogen (secondary N) is 1. The van der Waals surface area contributed by atoms with Crippen molar-refractivity contribution in [2.24, 2.45) is 5.73 Å². The van der Waals surface area contributed by atoms with Crippen LogP contribution in [0.2, 0.25) is 0 Å². The van der Waals surface area contributed by atoms with Crippen LogP contribution in [0.1, 0.15) is 25.7 Å². The molecule has 1 rings (SSSR count). The number of ether oxygens (including phenoxy) is 1. The number of nitrogens with two attached hydrogens (primary N) is 1. The Kier molecular flexibility index (Phi) is 5.21. The highest BCUT2D eigenvalue weighted by Crippen LogP contribution is 2.25. The number of halogens is 3. The van der Waals surface area contributed by atoms with Crippen LogP contribution in [0.3, 0.4) is 0 Å². The minimum atomic E-state index is -4.46. The molecule has 0 aromatic heterocycles. The molecule has 8 heteroatoms. The number of carbonyl (C=O) groups excluding carboxylic acids is 1. The van der Waals surface area contributed by atoms with Gasteiger partial charge in [-0.1, -0.05) is 0 Å². The average molecular weight is 270 g/mol. The lowest BCUT2D eigenvalue weighted by Crippen LogP contribution is -2.51. The number of aliphatic hydroxyl groups is 1. The van der Waals surface area contributed by atoms with E-state index in [2.05, 4.69) is 5.32 Å². The van der Waals surface area contributed by atoms with Crippen molar-refractivity contribution in [1.82, 2.24) is 5.32 Å². The van der Waals surface area contributed by atoms with E-state index in [1.54, 1.807) is 0 Å². The van der Waals surface area contributed by atoms with E-state index < -0.39 is 24.9 Å². The molecule has 1 fully saturated rings. The minimum absolute atomic E-state index is 0.320. The Morgan fingerprint density at radius 3 is 2.33 bits per heavy atom. The van der Waals surface area contributed by atoms with E-state index in [9.17, 15) is 18.0 Å². The molecule has 0 saturated heterocycles. The van der Waals surface area contributed by atoms with E-state index in [1.807, 2.05) is 0 Å². The van der Waals surface area contributed by atoms with Gasteiger partial charge in [0.1, 0.15) is 12.1 Å². The van der Waals surface area contributed by atoms with E-state index in [1.165, 1.54) is 0 Å². The second kappa shape index (κ2) is 6.24. The molecule has 0 aromatic rings. The second-order valence-electron chi connectivity index (χ2n) is 4.35. The third-order valence-corrected chi connectivity index (χ3v) is 2.97. The van der Waals surface area contributed by atoms with E-state index in [-0.39, 0.29) is 12.1 Å². The van der Waals surface area contributed by atoms with Crippen LogP contribution in [0.25, 0.3) is 0 Å². The Bertz CT molecular complexity index is 278. The Morgan fingerprint density at radius 2 is 1.94 bits per heavy atom. The van der Waals surface area contributed by atoms with Crippen LogP contribution in [-0.4, -0.2) is 42.2 Å². The predicted octanol–water partition coefficient (Wildman–Crippen LogP) is 0.906. The fourth-order valence-corrected chi connectivity index (χ4v) is 2.05. The van der Waals surface area contributed by atoms with Crippen LogP contribution >= 0.6 is 0 Å². The van der Waals surface area contributed by atoms with Crippen LogP contribution in [0.15, 0.2) is 0 Å². The van der Waals surface area contributed by atoms with Gasteiger partial charge in [0.15, 0.2) is 0 Å². The van der Waals surface area contributed by atoms with Crippen molar-refractivity contribution in [3.05, 3.63) is 0 Å². The van der Waals surface area contributed by atoms with Crippen molar-refractivity contribution in [3.63, 3.8) is 0 Å². The molecule has 1 aliphatic rings. The van der Waals surface area contributed by atoms with E-state index >= 15 is 0 Å². The molecule has 1 atom stereocenters. The lowest BCUT2D eigenvalue weighted by atomic mass is 9.92. The molecule has 106 valence electrons. The summed E-state index contributed by atoms with van der Waals surface area (Å²) in [7, 11) is 0. The first kappa shape index (κ1) is 15.0. The van der Waals surface area contributed by atoms with Crippen LogP contribution < -0.4 is 11.1 Å². The first-order valence-corrected chi connectivity index (χ1v) is 5.72. The maximum Gasteiger partial charge on any atom is 0.406 e. The van der Waals surface area contributed by atoms with Gasteiger partial charge in [0.05, 0.1) is 6.61 Å². The number of alkyl halides is 3. The summed E-state index contributed by atoms with van der Waals surface area (Å²) in [5.74, 6) is 0. The maximum atomic E-state index is 12.4.